The van der Waals surface area contributed by atoms with Crippen molar-refractivity contribution in [2.75, 3.05) is 20.2 Å². The van der Waals surface area contributed by atoms with Gasteiger partial charge in [-0.15, -0.1) is 12.4 Å². The van der Waals surface area contributed by atoms with Crippen molar-refractivity contribution in [3.05, 3.63) is 29.8 Å². The number of carbonyl (C=O) groups is 1. The molecule has 1 amide bonds. The van der Waals surface area contributed by atoms with E-state index in [1.807, 2.05) is 17.0 Å². The molecule has 2 rings (SSSR count). The van der Waals surface area contributed by atoms with Crippen LogP contribution in [0.4, 0.5) is 0 Å². The molecule has 5 heteroatoms. The lowest BCUT2D eigenvalue weighted by molar-refractivity contribution is -0.132. The van der Waals surface area contributed by atoms with Crippen molar-refractivity contribution >= 4 is 18.3 Å². The Bertz CT molecular complexity index is 457. The first-order valence-electron chi connectivity index (χ1n) is 8.35. The van der Waals surface area contributed by atoms with Crippen LogP contribution in [0.15, 0.2) is 24.3 Å². The number of amides is 1. The first-order chi connectivity index (χ1) is 10.7. The fourth-order valence-electron chi connectivity index (χ4n) is 2.88. The molecular weight excluding hydrogens is 312 g/mol. The second-order valence-electron chi connectivity index (χ2n) is 6.13. The summed E-state index contributed by atoms with van der Waals surface area (Å²) < 4.78 is 5.15. The Hall–Kier alpha value is -1.26. The number of rotatable bonds is 7. The highest BCUT2D eigenvalue weighted by Gasteiger charge is 2.19. The van der Waals surface area contributed by atoms with Crippen molar-refractivity contribution in [1.82, 2.24) is 4.90 Å². The van der Waals surface area contributed by atoms with Gasteiger partial charge in [-0.1, -0.05) is 18.6 Å². The minimum absolute atomic E-state index is 0. The number of piperidine rings is 1. The van der Waals surface area contributed by atoms with Gasteiger partial charge < -0.3 is 15.4 Å². The quantitative estimate of drug-likeness (QED) is 0.776. The summed E-state index contributed by atoms with van der Waals surface area (Å²) in [6.45, 7) is 1.68. The van der Waals surface area contributed by atoms with Gasteiger partial charge in [-0.25, -0.2) is 0 Å². The van der Waals surface area contributed by atoms with Crippen LogP contribution in [0.25, 0.3) is 0 Å². The molecule has 1 heterocycles. The average Bonchev–Trinajstić information content (AvgIpc) is 2.55. The second-order valence-corrected chi connectivity index (χ2v) is 6.13. The molecule has 0 bridgehead atoms. The normalized spacial score (nSPS) is 15.1. The van der Waals surface area contributed by atoms with Gasteiger partial charge in [0.05, 0.1) is 7.11 Å². The number of ether oxygens (including phenoxy) is 1. The van der Waals surface area contributed by atoms with Crippen molar-refractivity contribution in [2.45, 2.75) is 51.0 Å². The third kappa shape index (κ3) is 6.80. The van der Waals surface area contributed by atoms with E-state index in [9.17, 15) is 4.79 Å². The van der Waals surface area contributed by atoms with Crippen molar-refractivity contribution in [1.29, 1.82) is 0 Å². The number of hydrogen-bond donors (Lipinski definition) is 1. The van der Waals surface area contributed by atoms with E-state index in [2.05, 4.69) is 12.1 Å². The molecule has 2 N–H and O–H groups in total. The van der Waals surface area contributed by atoms with E-state index < -0.39 is 0 Å². The summed E-state index contributed by atoms with van der Waals surface area (Å²) in [5.74, 6) is 1.20. The van der Waals surface area contributed by atoms with E-state index in [-0.39, 0.29) is 18.4 Å². The Morgan fingerprint density at radius 1 is 1.17 bits per heavy atom. The van der Waals surface area contributed by atoms with E-state index in [1.54, 1.807) is 7.11 Å². The van der Waals surface area contributed by atoms with Crippen LogP contribution in [0.1, 0.15) is 44.1 Å². The molecule has 0 aromatic heterocycles. The number of methoxy groups -OCH3 is 1. The minimum atomic E-state index is 0. The number of halogens is 1. The fourth-order valence-corrected chi connectivity index (χ4v) is 2.88. The molecule has 1 aliphatic heterocycles. The lowest BCUT2D eigenvalue weighted by Gasteiger charge is -2.30. The molecule has 0 unspecified atom stereocenters. The van der Waals surface area contributed by atoms with Gasteiger partial charge in [0.25, 0.3) is 0 Å². The van der Waals surface area contributed by atoms with Crippen LogP contribution in [-0.4, -0.2) is 37.0 Å². The average molecular weight is 341 g/mol. The standard InChI is InChI=1S/C18H28N2O2.ClH/c1-22-17-9-7-15(8-10-17)5-3-2-4-6-18(21)20-13-11-16(19)12-14-20;/h7-10,16H,2-6,11-14,19H2,1H3;1H. The number of aryl methyl sites for hydroxylation is 1. The van der Waals surface area contributed by atoms with Gasteiger partial charge >= 0.3 is 0 Å². The van der Waals surface area contributed by atoms with Crippen LogP contribution in [0.2, 0.25) is 0 Å². The van der Waals surface area contributed by atoms with Gasteiger partial charge in [0, 0.05) is 25.6 Å². The van der Waals surface area contributed by atoms with Gasteiger partial charge in [-0.05, 0) is 49.8 Å². The van der Waals surface area contributed by atoms with Crippen LogP contribution in [0, 0.1) is 0 Å². The third-order valence-electron chi connectivity index (χ3n) is 4.41. The van der Waals surface area contributed by atoms with Crippen LogP contribution in [0.5, 0.6) is 5.75 Å². The molecule has 1 fully saturated rings. The van der Waals surface area contributed by atoms with Crippen LogP contribution < -0.4 is 10.5 Å². The largest absolute Gasteiger partial charge is 0.497 e. The molecule has 4 nitrogen and oxygen atoms in total. The Balaban J connectivity index is 0.00000264. The first-order valence-corrected chi connectivity index (χ1v) is 8.35. The molecule has 0 atom stereocenters. The van der Waals surface area contributed by atoms with Crippen LogP contribution >= 0.6 is 12.4 Å². The second kappa shape index (κ2) is 10.5. The Morgan fingerprint density at radius 3 is 2.43 bits per heavy atom. The number of carbonyl (C=O) groups excluding carboxylic acids is 1. The van der Waals surface area contributed by atoms with Gasteiger partial charge in [0.1, 0.15) is 5.75 Å². The smallest absolute Gasteiger partial charge is 0.222 e. The first kappa shape index (κ1) is 19.8. The zero-order valence-corrected chi connectivity index (χ0v) is 14.8. The highest BCUT2D eigenvalue weighted by molar-refractivity contribution is 5.85. The van der Waals surface area contributed by atoms with Crippen molar-refractivity contribution < 1.29 is 9.53 Å². The number of unbranched alkanes of at least 4 members (excludes halogenated alkanes) is 2. The monoisotopic (exact) mass is 340 g/mol. The Kier molecular flexibility index (Phi) is 9.03. The maximum Gasteiger partial charge on any atom is 0.222 e. The summed E-state index contributed by atoms with van der Waals surface area (Å²) in [5.41, 5.74) is 7.20. The van der Waals surface area contributed by atoms with Gasteiger partial charge in [0.15, 0.2) is 0 Å². The maximum atomic E-state index is 12.1. The predicted octanol–water partition coefficient (Wildman–Crippen LogP) is 3.17. The van der Waals surface area contributed by atoms with E-state index in [0.717, 1.165) is 57.4 Å². The van der Waals surface area contributed by atoms with E-state index in [1.165, 1.54) is 5.56 Å². The molecule has 1 saturated heterocycles. The van der Waals surface area contributed by atoms with Crippen LogP contribution in [-0.2, 0) is 11.2 Å². The topological polar surface area (TPSA) is 55.6 Å². The van der Waals surface area contributed by atoms with Crippen molar-refractivity contribution in [3.63, 3.8) is 0 Å². The summed E-state index contributed by atoms with van der Waals surface area (Å²) in [6.07, 6.45) is 6.86. The number of nitrogens with two attached hydrogens (primary N) is 1. The Labute approximate surface area is 145 Å². The zero-order chi connectivity index (χ0) is 15.8. The lowest BCUT2D eigenvalue weighted by Crippen LogP contribution is -2.42. The number of benzene rings is 1. The maximum absolute atomic E-state index is 12.1. The van der Waals surface area contributed by atoms with E-state index >= 15 is 0 Å². The predicted molar refractivity (Wildman–Crippen MR) is 96.2 cm³/mol. The molecule has 0 radical (unpaired) electrons. The molecule has 0 spiro atoms. The highest BCUT2D eigenvalue weighted by Crippen LogP contribution is 2.15. The van der Waals surface area contributed by atoms with Gasteiger partial charge in [-0.2, -0.15) is 0 Å². The molecule has 23 heavy (non-hydrogen) atoms. The van der Waals surface area contributed by atoms with E-state index in [4.69, 9.17) is 10.5 Å². The molecule has 0 saturated carbocycles. The zero-order valence-electron chi connectivity index (χ0n) is 14.0. The van der Waals surface area contributed by atoms with Crippen molar-refractivity contribution in [3.8, 4) is 5.75 Å². The van der Waals surface area contributed by atoms with Gasteiger partial charge in [-0.3, -0.25) is 4.79 Å². The summed E-state index contributed by atoms with van der Waals surface area (Å²) in [6, 6.07) is 8.51. The third-order valence-corrected chi connectivity index (χ3v) is 4.41. The number of hydrogen-bond acceptors (Lipinski definition) is 3. The minimum Gasteiger partial charge on any atom is -0.497 e. The Morgan fingerprint density at radius 2 is 1.83 bits per heavy atom. The van der Waals surface area contributed by atoms with Crippen molar-refractivity contribution in [2.24, 2.45) is 5.73 Å². The molecular formula is C18H29ClN2O2. The van der Waals surface area contributed by atoms with E-state index in [0.29, 0.717) is 12.3 Å². The van der Waals surface area contributed by atoms with Crippen LogP contribution in [0.3, 0.4) is 0 Å². The van der Waals surface area contributed by atoms with Gasteiger partial charge in [0.2, 0.25) is 5.91 Å². The molecule has 1 aromatic carbocycles. The number of nitrogens with zero attached hydrogens (tertiary/aromatic N) is 1. The number of likely N-dealkylation sites (tertiary alicyclic amines) is 1. The summed E-state index contributed by atoms with van der Waals surface area (Å²) >= 11 is 0. The molecule has 0 aliphatic carbocycles. The SMILES string of the molecule is COc1ccc(CCCCCC(=O)N2CCC(N)CC2)cc1.Cl. The molecule has 1 aromatic rings. The fraction of sp³-hybridized carbons (Fsp3) is 0.611. The summed E-state index contributed by atoms with van der Waals surface area (Å²) in [7, 11) is 1.68. The lowest BCUT2D eigenvalue weighted by atomic mass is 10.0. The highest BCUT2D eigenvalue weighted by atomic mass is 35.5. The molecule has 130 valence electrons. The summed E-state index contributed by atoms with van der Waals surface area (Å²) in [4.78, 5) is 14.1. The molecule has 1 aliphatic rings. The summed E-state index contributed by atoms with van der Waals surface area (Å²) in [5, 5.41) is 0.